The van der Waals surface area contributed by atoms with E-state index in [1.54, 1.807) is 24.1 Å². The van der Waals surface area contributed by atoms with Crippen molar-refractivity contribution >= 4 is 32.6 Å². The van der Waals surface area contributed by atoms with Crippen molar-refractivity contribution in [2.45, 2.75) is 0 Å². The van der Waals surface area contributed by atoms with E-state index < -0.39 is 0 Å². The van der Waals surface area contributed by atoms with Gasteiger partial charge in [-0.25, -0.2) is 4.98 Å². The molecule has 32 heavy (non-hydrogen) atoms. The average molecular weight is 448 g/mol. The minimum absolute atomic E-state index is 0.114. The lowest BCUT2D eigenvalue weighted by Gasteiger charge is -2.22. The Bertz CT molecular complexity index is 1210. The third kappa shape index (κ3) is 5.07. The van der Waals surface area contributed by atoms with E-state index in [1.807, 2.05) is 79.7 Å². The zero-order chi connectivity index (χ0) is 22.5. The Morgan fingerprint density at radius 1 is 0.906 bits per heavy atom. The second-order valence-electron chi connectivity index (χ2n) is 7.53. The molecule has 0 spiro atoms. The minimum atomic E-state index is -0.114. The number of methoxy groups -OCH3 is 1. The first-order valence-electron chi connectivity index (χ1n) is 10.3. The van der Waals surface area contributed by atoms with Crippen LogP contribution in [-0.2, 0) is 0 Å². The number of carbonyl (C=O) groups excluding carboxylic acids is 1. The number of carbonyl (C=O) groups is 1. The lowest BCUT2D eigenvalue weighted by Crippen LogP contribution is -2.36. The molecule has 0 radical (unpaired) electrons. The number of ether oxygens (including phenoxy) is 2. The number of para-hydroxylation sites is 1. The van der Waals surface area contributed by atoms with E-state index in [9.17, 15) is 4.79 Å². The molecule has 0 unspecified atom stereocenters. The fraction of sp³-hybridized carbons (Fsp3) is 0.200. The van der Waals surface area contributed by atoms with Crippen molar-refractivity contribution in [3.63, 3.8) is 0 Å². The van der Waals surface area contributed by atoms with Crippen LogP contribution in [0.3, 0.4) is 0 Å². The van der Waals surface area contributed by atoms with Gasteiger partial charge in [-0.1, -0.05) is 35.6 Å². The maximum atomic E-state index is 13.6. The fourth-order valence-corrected chi connectivity index (χ4v) is 4.16. The van der Waals surface area contributed by atoms with Gasteiger partial charge in [0.15, 0.2) is 5.13 Å². The molecule has 6 nitrogen and oxygen atoms in total. The Morgan fingerprint density at radius 2 is 1.69 bits per heavy atom. The van der Waals surface area contributed by atoms with Gasteiger partial charge < -0.3 is 14.4 Å². The smallest absolute Gasteiger partial charge is 0.260 e. The molecule has 0 N–H and O–H groups in total. The quantitative estimate of drug-likeness (QED) is 0.367. The summed E-state index contributed by atoms with van der Waals surface area (Å²) in [4.78, 5) is 22.1. The Morgan fingerprint density at radius 3 is 2.44 bits per heavy atom. The number of rotatable bonds is 8. The summed E-state index contributed by atoms with van der Waals surface area (Å²) in [6, 6.07) is 22.5. The zero-order valence-electron chi connectivity index (χ0n) is 18.3. The summed E-state index contributed by atoms with van der Waals surface area (Å²) in [6.45, 7) is 1.23. The summed E-state index contributed by atoms with van der Waals surface area (Å²) in [7, 11) is 5.60. The Labute approximate surface area is 191 Å². The highest BCUT2D eigenvalue weighted by atomic mass is 32.1. The molecule has 0 bridgehead atoms. The molecule has 0 saturated carbocycles. The van der Waals surface area contributed by atoms with Gasteiger partial charge in [-0.05, 0) is 56.6 Å². The summed E-state index contributed by atoms with van der Waals surface area (Å²) in [5, 5.41) is 0.662. The number of aromatic nitrogens is 1. The maximum Gasteiger partial charge on any atom is 0.260 e. The van der Waals surface area contributed by atoms with Gasteiger partial charge in [0, 0.05) is 24.7 Å². The maximum absolute atomic E-state index is 13.6. The van der Waals surface area contributed by atoms with Crippen molar-refractivity contribution < 1.29 is 14.3 Å². The van der Waals surface area contributed by atoms with Gasteiger partial charge in [-0.15, -0.1) is 0 Å². The number of hydrogen-bond acceptors (Lipinski definition) is 6. The summed E-state index contributed by atoms with van der Waals surface area (Å²) in [6.07, 6.45) is 0. The number of fused-ring (bicyclic) bond motifs is 1. The normalized spacial score (nSPS) is 11.0. The van der Waals surface area contributed by atoms with Crippen molar-refractivity contribution in [2.75, 3.05) is 39.2 Å². The molecule has 7 heteroatoms. The van der Waals surface area contributed by atoms with Crippen LogP contribution in [0.1, 0.15) is 10.4 Å². The van der Waals surface area contributed by atoms with Crippen molar-refractivity contribution in [1.29, 1.82) is 0 Å². The van der Waals surface area contributed by atoms with Crippen molar-refractivity contribution in [3.8, 4) is 17.2 Å². The van der Waals surface area contributed by atoms with Gasteiger partial charge in [-0.2, -0.15) is 0 Å². The van der Waals surface area contributed by atoms with Crippen LogP contribution in [0.4, 0.5) is 5.13 Å². The highest BCUT2D eigenvalue weighted by molar-refractivity contribution is 7.22. The number of anilines is 1. The highest BCUT2D eigenvalue weighted by Crippen LogP contribution is 2.32. The lowest BCUT2D eigenvalue weighted by atomic mass is 10.2. The van der Waals surface area contributed by atoms with Gasteiger partial charge in [0.05, 0.1) is 17.3 Å². The number of thiazole rings is 1. The van der Waals surface area contributed by atoms with Crippen molar-refractivity contribution in [1.82, 2.24) is 9.88 Å². The van der Waals surface area contributed by atoms with Gasteiger partial charge in [0.25, 0.3) is 5.91 Å². The number of likely N-dealkylation sites (N-methyl/N-ethyl adjacent to an activating group) is 1. The van der Waals surface area contributed by atoms with E-state index in [2.05, 4.69) is 0 Å². The standard InChI is InChI=1S/C25H25N3O3S/c1-27(2)14-15-28(25-26-22-17-20(30-3)12-13-23(22)32-25)24(29)18-8-7-11-21(16-18)31-19-9-5-4-6-10-19/h4-13,16-17H,14-15H2,1-3H3. The van der Waals surface area contributed by atoms with Crippen LogP contribution >= 0.6 is 11.3 Å². The van der Waals surface area contributed by atoms with Gasteiger partial charge >= 0.3 is 0 Å². The first kappa shape index (κ1) is 21.8. The van der Waals surface area contributed by atoms with Crippen LogP contribution in [0, 0.1) is 0 Å². The number of hydrogen-bond donors (Lipinski definition) is 0. The van der Waals surface area contributed by atoms with E-state index >= 15 is 0 Å². The molecule has 4 aromatic rings. The predicted molar refractivity (Wildman–Crippen MR) is 129 cm³/mol. The Balaban J connectivity index is 1.64. The number of amides is 1. The predicted octanol–water partition coefficient (Wildman–Crippen LogP) is 5.31. The molecule has 0 aliphatic carbocycles. The molecule has 0 aliphatic rings. The molecular weight excluding hydrogens is 422 g/mol. The SMILES string of the molecule is COc1ccc2sc(N(CCN(C)C)C(=O)c3cccc(Oc4ccccc4)c3)nc2c1. The number of nitrogens with zero attached hydrogens (tertiary/aromatic N) is 3. The fourth-order valence-electron chi connectivity index (χ4n) is 3.19. The van der Waals surface area contributed by atoms with Crippen LogP contribution in [0.25, 0.3) is 10.2 Å². The van der Waals surface area contributed by atoms with Crippen LogP contribution in [0.5, 0.6) is 17.2 Å². The molecule has 3 aromatic carbocycles. The van der Waals surface area contributed by atoms with Crippen molar-refractivity contribution in [2.24, 2.45) is 0 Å². The monoisotopic (exact) mass is 447 g/mol. The van der Waals surface area contributed by atoms with Crippen molar-refractivity contribution in [3.05, 3.63) is 78.4 Å². The van der Waals surface area contributed by atoms with E-state index in [0.29, 0.717) is 29.5 Å². The van der Waals surface area contributed by atoms with Crippen LogP contribution < -0.4 is 14.4 Å². The van der Waals surface area contributed by atoms with Crippen LogP contribution in [0.2, 0.25) is 0 Å². The van der Waals surface area contributed by atoms with E-state index in [0.717, 1.165) is 21.7 Å². The van der Waals surface area contributed by atoms with Crippen LogP contribution in [-0.4, -0.2) is 50.1 Å². The first-order chi connectivity index (χ1) is 15.5. The summed E-state index contributed by atoms with van der Waals surface area (Å²) in [5.41, 5.74) is 1.36. The molecule has 0 aliphatic heterocycles. The average Bonchev–Trinajstić information content (AvgIpc) is 3.22. The molecule has 164 valence electrons. The molecule has 1 heterocycles. The van der Waals surface area contributed by atoms with E-state index in [4.69, 9.17) is 14.5 Å². The third-order valence-electron chi connectivity index (χ3n) is 4.89. The van der Waals surface area contributed by atoms with E-state index in [-0.39, 0.29) is 5.91 Å². The second kappa shape index (κ2) is 9.80. The molecule has 0 saturated heterocycles. The third-order valence-corrected chi connectivity index (χ3v) is 5.95. The Hall–Kier alpha value is -3.42. The minimum Gasteiger partial charge on any atom is -0.497 e. The second-order valence-corrected chi connectivity index (χ2v) is 8.54. The van der Waals surface area contributed by atoms with E-state index in [1.165, 1.54) is 11.3 Å². The molecule has 4 rings (SSSR count). The van der Waals surface area contributed by atoms with Gasteiger partial charge in [0.2, 0.25) is 0 Å². The molecule has 0 fully saturated rings. The van der Waals surface area contributed by atoms with Gasteiger partial charge in [0.1, 0.15) is 17.2 Å². The molecule has 1 aromatic heterocycles. The molecular formula is C25H25N3O3S. The highest BCUT2D eigenvalue weighted by Gasteiger charge is 2.22. The molecule has 0 atom stereocenters. The largest absolute Gasteiger partial charge is 0.497 e. The van der Waals surface area contributed by atoms with Crippen LogP contribution in [0.15, 0.2) is 72.8 Å². The Kier molecular flexibility index (Phi) is 6.68. The van der Waals surface area contributed by atoms with Gasteiger partial charge in [-0.3, -0.25) is 9.69 Å². The molecule has 1 amide bonds. The topological polar surface area (TPSA) is 54.9 Å². The zero-order valence-corrected chi connectivity index (χ0v) is 19.1. The first-order valence-corrected chi connectivity index (χ1v) is 11.1. The lowest BCUT2D eigenvalue weighted by molar-refractivity contribution is 0.0985. The summed E-state index contributed by atoms with van der Waals surface area (Å²) >= 11 is 1.49. The number of benzene rings is 3. The summed E-state index contributed by atoms with van der Waals surface area (Å²) in [5.74, 6) is 1.97. The summed E-state index contributed by atoms with van der Waals surface area (Å²) < 4.78 is 12.2.